The first-order valence-electron chi connectivity index (χ1n) is 10.4. The molecule has 0 aliphatic carbocycles. The van der Waals surface area contributed by atoms with E-state index in [4.69, 9.17) is 21.1 Å². The van der Waals surface area contributed by atoms with Gasteiger partial charge in [0.15, 0.2) is 5.54 Å². The average molecular weight is 513 g/mol. The van der Waals surface area contributed by atoms with Gasteiger partial charge in [0.2, 0.25) is 0 Å². The minimum atomic E-state index is -1.25. The van der Waals surface area contributed by atoms with E-state index in [1.807, 2.05) is 0 Å². The molecule has 3 rings (SSSR count). The summed E-state index contributed by atoms with van der Waals surface area (Å²) in [5.74, 6) is 0.152. The van der Waals surface area contributed by atoms with Crippen molar-refractivity contribution in [3.63, 3.8) is 0 Å². The minimum Gasteiger partial charge on any atom is -0.489 e. The topological polar surface area (TPSA) is 82.9 Å². The smallest absolute Gasteiger partial charge is 0.411 e. The molecule has 168 valence electrons. The largest absolute Gasteiger partial charge is 0.489 e. The summed E-state index contributed by atoms with van der Waals surface area (Å²) in [5.41, 5.74) is -1.95. The maximum atomic E-state index is 13.8. The van der Waals surface area contributed by atoms with Crippen LogP contribution in [0.4, 0.5) is 4.79 Å². The maximum Gasteiger partial charge on any atom is 0.411 e. The summed E-state index contributed by atoms with van der Waals surface area (Å²) in [7, 11) is 0. The number of hydrogen-bond acceptors (Lipinski definition) is 5. The van der Waals surface area contributed by atoms with E-state index in [1.165, 1.54) is 4.90 Å². The molecule has 2 heterocycles. The molecule has 2 aliphatic heterocycles. The van der Waals surface area contributed by atoms with Gasteiger partial charge in [-0.15, -0.1) is 0 Å². The van der Waals surface area contributed by atoms with E-state index in [-0.39, 0.29) is 12.5 Å². The van der Waals surface area contributed by atoms with Gasteiger partial charge >= 0.3 is 6.09 Å². The summed E-state index contributed by atoms with van der Waals surface area (Å²) in [6, 6.07) is 6.93. The Hall–Kier alpha value is -1.98. The van der Waals surface area contributed by atoms with Crippen molar-refractivity contribution in [1.29, 1.82) is 5.26 Å². The van der Waals surface area contributed by atoms with Gasteiger partial charge in [-0.3, -0.25) is 9.69 Å². The summed E-state index contributed by atoms with van der Waals surface area (Å²) in [6.45, 7) is 6.16. The molecule has 0 bridgehead atoms. The highest BCUT2D eigenvalue weighted by atomic mass is 79.9. The zero-order valence-corrected chi connectivity index (χ0v) is 20.3. The highest BCUT2D eigenvalue weighted by Gasteiger charge is 2.54. The van der Waals surface area contributed by atoms with E-state index in [0.717, 1.165) is 10.9 Å². The summed E-state index contributed by atoms with van der Waals surface area (Å²) < 4.78 is 12.4. The van der Waals surface area contributed by atoms with E-state index in [9.17, 15) is 14.9 Å². The normalized spacial score (nSPS) is 23.5. The average Bonchev–Trinajstić information content (AvgIpc) is 3.33. The number of carbonyl (C=O) groups excluding carboxylic acids is 2. The fourth-order valence-corrected chi connectivity index (χ4v) is 4.82. The molecule has 2 fully saturated rings. The molecule has 7 nitrogen and oxygen atoms in total. The number of hydrogen-bond donors (Lipinski definition) is 0. The van der Waals surface area contributed by atoms with Gasteiger partial charge in [-0.1, -0.05) is 27.5 Å². The van der Waals surface area contributed by atoms with Gasteiger partial charge in [-0.25, -0.2) is 4.79 Å². The molecule has 0 unspecified atom stereocenters. The van der Waals surface area contributed by atoms with Crippen LogP contribution in [0.15, 0.2) is 22.7 Å². The number of amides is 2. The molecule has 2 amide bonds. The molecular weight excluding hydrogens is 486 g/mol. The Kier molecular flexibility index (Phi) is 7.07. The third kappa shape index (κ3) is 5.09. The number of ether oxygens (including phenoxy) is 2. The van der Waals surface area contributed by atoms with Crippen LogP contribution < -0.4 is 4.74 Å². The van der Waals surface area contributed by atoms with Crippen LogP contribution in [0, 0.1) is 11.3 Å². The van der Waals surface area contributed by atoms with Crippen molar-refractivity contribution in [2.45, 2.75) is 63.6 Å². The Balaban J connectivity index is 1.93. The predicted octanol–water partition coefficient (Wildman–Crippen LogP) is 4.77. The number of likely N-dealkylation sites (tertiary alicyclic amines) is 2. The van der Waals surface area contributed by atoms with Crippen LogP contribution in [0.5, 0.6) is 5.75 Å². The van der Waals surface area contributed by atoms with Gasteiger partial charge in [0.05, 0.1) is 11.1 Å². The zero-order chi connectivity index (χ0) is 22.8. The van der Waals surface area contributed by atoms with Gasteiger partial charge < -0.3 is 14.4 Å². The number of nitriles is 1. The lowest BCUT2D eigenvalue weighted by Crippen LogP contribution is -2.62. The van der Waals surface area contributed by atoms with E-state index in [2.05, 4.69) is 22.0 Å². The molecular formula is C22H27BrClN3O4. The van der Waals surface area contributed by atoms with Crippen LogP contribution in [-0.2, 0) is 9.53 Å². The third-order valence-electron chi connectivity index (χ3n) is 5.52. The number of nitrogens with zero attached hydrogens (tertiary/aromatic N) is 3. The van der Waals surface area contributed by atoms with Crippen molar-refractivity contribution >= 4 is 39.5 Å². The molecule has 31 heavy (non-hydrogen) atoms. The van der Waals surface area contributed by atoms with E-state index >= 15 is 0 Å². The lowest BCUT2D eigenvalue weighted by atomic mass is 9.94. The Labute approximate surface area is 196 Å². The van der Waals surface area contributed by atoms with Gasteiger partial charge in [0.25, 0.3) is 5.91 Å². The van der Waals surface area contributed by atoms with Crippen molar-refractivity contribution in [3.8, 4) is 11.8 Å². The Morgan fingerprint density at radius 3 is 2.71 bits per heavy atom. The minimum absolute atomic E-state index is 0.0684. The first-order chi connectivity index (χ1) is 14.6. The number of benzene rings is 1. The third-order valence-corrected chi connectivity index (χ3v) is 6.31. The molecule has 0 radical (unpaired) electrons. The second-order valence-corrected chi connectivity index (χ2v) is 10.2. The lowest BCUT2D eigenvalue weighted by Gasteiger charge is -2.40. The SMILES string of the molecule is CC(C)(C)OC(=O)N1CCC[C@@]1(COc1ccc(Br)cc1Cl)C(=O)N1CCC[C@H]1C#N. The Morgan fingerprint density at radius 2 is 2.06 bits per heavy atom. The molecule has 2 aliphatic rings. The monoisotopic (exact) mass is 511 g/mol. The Morgan fingerprint density at radius 1 is 1.32 bits per heavy atom. The molecule has 0 spiro atoms. The van der Waals surface area contributed by atoms with E-state index < -0.39 is 23.3 Å². The van der Waals surface area contributed by atoms with Crippen LogP contribution in [0.25, 0.3) is 0 Å². The molecule has 1 aromatic rings. The molecule has 2 saturated heterocycles. The van der Waals surface area contributed by atoms with Gasteiger partial charge in [-0.05, 0) is 64.7 Å². The molecule has 0 N–H and O–H groups in total. The van der Waals surface area contributed by atoms with Crippen molar-refractivity contribution < 1.29 is 19.1 Å². The standard InChI is InChI=1S/C22H27BrClN3O4/c1-21(2,3)31-20(29)27-11-5-9-22(27,19(28)26-10-4-6-16(26)13-25)14-30-18-8-7-15(23)12-17(18)24/h7-8,12,16H,4-6,9-11,14H2,1-3H3/t16-,22+/m0/s1. The quantitative estimate of drug-likeness (QED) is 0.580. The van der Waals surface area contributed by atoms with Crippen molar-refractivity contribution in [3.05, 3.63) is 27.7 Å². The van der Waals surface area contributed by atoms with Crippen LogP contribution in [-0.4, -0.2) is 58.7 Å². The van der Waals surface area contributed by atoms with Gasteiger partial charge in [-0.2, -0.15) is 5.26 Å². The van der Waals surface area contributed by atoms with Crippen molar-refractivity contribution in [1.82, 2.24) is 9.80 Å². The van der Waals surface area contributed by atoms with Gasteiger partial charge in [0.1, 0.15) is 24.0 Å². The fourth-order valence-electron chi connectivity index (χ4n) is 4.10. The highest BCUT2D eigenvalue weighted by Crippen LogP contribution is 2.37. The first-order valence-corrected chi connectivity index (χ1v) is 11.5. The number of carbonyl (C=O) groups is 2. The second-order valence-electron chi connectivity index (χ2n) is 8.92. The first kappa shape index (κ1) is 23.7. The van der Waals surface area contributed by atoms with E-state index in [0.29, 0.717) is 43.1 Å². The van der Waals surface area contributed by atoms with E-state index in [1.54, 1.807) is 43.9 Å². The molecule has 9 heteroatoms. The number of halogens is 2. The summed E-state index contributed by atoms with van der Waals surface area (Å²) in [5, 5.41) is 9.91. The Bertz CT molecular complexity index is 898. The number of rotatable bonds is 4. The maximum absolute atomic E-state index is 13.8. The molecule has 2 atom stereocenters. The summed E-state index contributed by atoms with van der Waals surface area (Å²) >= 11 is 9.66. The zero-order valence-electron chi connectivity index (χ0n) is 18.0. The van der Waals surface area contributed by atoms with Crippen LogP contribution in [0.1, 0.15) is 46.5 Å². The van der Waals surface area contributed by atoms with Crippen LogP contribution >= 0.6 is 27.5 Å². The second kappa shape index (κ2) is 9.25. The highest BCUT2D eigenvalue weighted by molar-refractivity contribution is 9.10. The summed E-state index contributed by atoms with van der Waals surface area (Å²) in [4.78, 5) is 29.9. The van der Waals surface area contributed by atoms with Crippen molar-refractivity contribution in [2.75, 3.05) is 19.7 Å². The fraction of sp³-hybridized carbons (Fsp3) is 0.591. The van der Waals surface area contributed by atoms with Crippen molar-refractivity contribution in [2.24, 2.45) is 0 Å². The lowest BCUT2D eigenvalue weighted by molar-refractivity contribution is -0.144. The van der Waals surface area contributed by atoms with Crippen LogP contribution in [0.2, 0.25) is 5.02 Å². The predicted molar refractivity (Wildman–Crippen MR) is 120 cm³/mol. The molecule has 0 aromatic heterocycles. The van der Waals surface area contributed by atoms with Gasteiger partial charge in [0, 0.05) is 17.6 Å². The van der Waals surface area contributed by atoms with Crippen LogP contribution in [0.3, 0.4) is 0 Å². The molecule has 1 aromatic carbocycles. The summed E-state index contributed by atoms with van der Waals surface area (Å²) in [6.07, 6.45) is 1.88. The molecule has 0 saturated carbocycles.